The summed E-state index contributed by atoms with van der Waals surface area (Å²) in [6.45, 7) is 7.87. The third-order valence-corrected chi connectivity index (χ3v) is 3.35. The lowest BCUT2D eigenvalue weighted by molar-refractivity contribution is 0.0448. The molecule has 0 amide bonds. The minimum atomic E-state index is 0.607. The maximum Gasteiger partial charge on any atom is 0.0544 e. The maximum atomic E-state index is 4.41. The predicted octanol–water partition coefficient (Wildman–Crippen LogP) is 1.61. The van der Waals surface area contributed by atoms with Crippen molar-refractivity contribution in [1.29, 1.82) is 0 Å². The van der Waals surface area contributed by atoms with Crippen LogP contribution in [0.1, 0.15) is 19.5 Å². The van der Waals surface area contributed by atoms with E-state index in [-0.39, 0.29) is 0 Å². The van der Waals surface area contributed by atoms with Crippen molar-refractivity contribution < 1.29 is 0 Å². The second-order valence-electron chi connectivity index (χ2n) is 4.91. The highest BCUT2D eigenvalue weighted by molar-refractivity contribution is 5.04. The number of nitrogens with zero attached hydrogens (tertiary/aromatic N) is 3. The molecule has 88 valence electrons. The van der Waals surface area contributed by atoms with Gasteiger partial charge in [-0.1, -0.05) is 6.07 Å². The third-order valence-electron chi connectivity index (χ3n) is 3.35. The molecule has 0 radical (unpaired) electrons. The molecule has 0 spiro atoms. The van der Waals surface area contributed by atoms with Gasteiger partial charge < -0.3 is 4.90 Å². The predicted molar refractivity (Wildman–Crippen MR) is 66.2 cm³/mol. The number of aromatic nitrogens is 1. The monoisotopic (exact) mass is 219 g/mol. The highest BCUT2D eigenvalue weighted by Crippen LogP contribution is 2.16. The van der Waals surface area contributed by atoms with E-state index < -0.39 is 0 Å². The Hall–Kier alpha value is -0.930. The Labute approximate surface area is 98.1 Å². The first kappa shape index (κ1) is 11.6. The molecule has 3 nitrogen and oxygen atoms in total. The summed E-state index contributed by atoms with van der Waals surface area (Å²) < 4.78 is 0. The summed E-state index contributed by atoms with van der Waals surface area (Å²) in [5.74, 6) is 0. The number of hydrogen-bond donors (Lipinski definition) is 0. The maximum absolute atomic E-state index is 4.41. The summed E-state index contributed by atoms with van der Waals surface area (Å²) >= 11 is 0. The van der Waals surface area contributed by atoms with Gasteiger partial charge in [0.05, 0.1) is 5.69 Å². The van der Waals surface area contributed by atoms with Crippen LogP contribution in [0.2, 0.25) is 0 Å². The molecule has 1 fully saturated rings. The number of pyridine rings is 1. The van der Waals surface area contributed by atoms with E-state index in [1.807, 2.05) is 12.3 Å². The van der Waals surface area contributed by atoms with Crippen molar-refractivity contribution in [2.75, 3.05) is 20.1 Å². The zero-order valence-electron chi connectivity index (χ0n) is 10.4. The number of hydrogen-bond acceptors (Lipinski definition) is 3. The van der Waals surface area contributed by atoms with Crippen LogP contribution in [0.15, 0.2) is 24.4 Å². The molecule has 0 N–H and O–H groups in total. The molecule has 1 aromatic rings. The molecule has 1 aliphatic rings. The van der Waals surface area contributed by atoms with E-state index in [0.29, 0.717) is 12.1 Å². The van der Waals surface area contributed by atoms with Gasteiger partial charge in [-0.25, -0.2) is 0 Å². The zero-order chi connectivity index (χ0) is 11.5. The van der Waals surface area contributed by atoms with Crippen molar-refractivity contribution in [3.63, 3.8) is 0 Å². The summed E-state index contributed by atoms with van der Waals surface area (Å²) in [6.07, 6.45) is 1.88. The molecule has 1 saturated heterocycles. The fourth-order valence-corrected chi connectivity index (χ4v) is 2.61. The Morgan fingerprint density at radius 3 is 2.50 bits per heavy atom. The summed E-state index contributed by atoms with van der Waals surface area (Å²) in [5.41, 5.74) is 1.17. The van der Waals surface area contributed by atoms with Crippen LogP contribution < -0.4 is 0 Å². The van der Waals surface area contributed by atoms with E-state index in [1.165, 1.54) is 5.69 Å². The van der Waals surface area contributed by atoms with Crippen LogP contribution in [0.5, 0.6) is 0 Å². The second kappa shape index (κ2) is 4.93. The van der Waals surface area contributed by atoms with Gasteiger partial charge in [0, 0.05) is 37.9 Å². The molecule has 1 aliphatic heterocycles. The first-order valence-electron chi connectivity index (χ1n) is 6.01. The van der Waals surface area contributed by atoms with Gasteiger partial charge in [-0.2, -0.15) is 0 Å². The van der Waals surface area contributed by atoms with Crippen molar-refractivity contribution >= 4 is 0 Å². The molecule has 2 rings (SSSR count). The Balaban J connectivity index is 2.03. The summed E-state index contributed by atoms with van der Waals surface area (Å²) in [7, 11) is 2.20. The minimum absolute atomic E-state index is 0.607. The highest BCUT2D eigenvalue weighted by Gasteiger charge is 2.27. The molecule has 3 heteroatoms. The lowest BCUT2D eigenvalue weighted by Crippen LogP contribution is -2.54. The minimum Gasteiger partial charge on any atom is -0.303 e. The van der Waals surface area contributed by atoms with E-state index in [9.17, 15) is 0 Å². The lowest BCUT2D eigenvalue weighted by Gasteiger charge is -2.43. The van der Waals surface area contributed by atoms with Crippen LogP contribution in [0.4, 0.5) is 0 Å². The lowest BCUT2D eigenvalue weighted by atomic mass is 10.1. The average molecular weight is 219 g/mol. The summed E-state index contributed by atoms with van der Waals surface area (Å²) in [5, 5.41) is 0. The molecule has 0 aromatic carbocycles. The smallest absolute Gasteiger partial charge is 0.0544 e. The molecule has 2 heterocycles. The molecule has 0 unspecified atom stereocenters. The molecule has 0 bridgehead atoms. The van der Waals surface area contributed by atoms with Gasteiger partial charge in [0.1, 0.15) is 0 Å². The number of rotatable bonds is 2. The molecule has 0 aliphatic carbocycles. The van der Waals surface area contributed by atoms with Gasteiger partial charge in [0.15, 0.2) is 0 Å². The van der Waals surface area contributed by atoms with Gasteiger partial charge in [0.25, 0.3) is 0 Å². The van der Waals surface area contributed by atoms with Crippen LogP contribution in [0.3, 0.4) is 0 Å². The van der Waals surface area contributed by atoms with Gasteiger partial charge in [-0.15, -0.1) is 0 Å². The molecule has 0 saturated carbocycles. The standard InChI is InChI=1S/C13H21N3/c1-11-8-15(3)9-12(2)16(11)10-13-6-4-5-7-14-13/h4-7,11-12H,8-10H2,1-3H3/t11-,12+. The Morgan fingerprint density at radius 1 is 1.25 bits per heavy atom. The van der Waals surface area contributed by atoms with Gasteiger partial charge in [-0.3, -0.25) is 9.88 Å². The first-order valence-corrected chi connectivity index (χ1v) is 6.01. The van der Waals surface area contributed by atoms with E-state index in [0.717, 1.165) is 19.6 Å². The van der Waals surface area contributed by atoms with E-state index in [1.54, 1.807) is 0 Å². The Bertz CT molecular complexity index is 313. The van der Waals surface area contributed by atoms with Crippen LogP contribution >= 0.6 is 0 Å². The summed E-state index contributed by atoms with van der Waals surface area (Å²) in [4.78, 5) is 9.36. The van der Waals surface area contributed by atoms with Gasteiger partial charge in [0.2, 0.25) is 0 Å². The Morgan fingerprint density at radius 2 is 1.94 bits per heavy atom. The molecular formula is C13H21N3. The Kier molecular flexibility index (Phi) is 3.56. The fraction of sp³-hybridized carbons (Fsp3) is 0.615. The third kappa shape index (κ3) is 2.60. The highest BCUT2D eigenvalue weighted by atomic mass is 15.3. The molecular weight excluding hydrogens is 198 g/mol. The average Bonchev–Trinajstić information content (AvgIpc) is 2.25. The molecule has 16 heavy (non-hydrogen) atoms. The van der Waals surface area contributed by atoms with Gasteiger partial charge in [-0.05, 0) is 33.0 Å². The van der Waals surface area contributed by atoms with Crippen molar-refractivity contribution in [3.05, 3.63) is 30.1 Å². The first-order chi connectivity index (χ1) is 7.66. The molecule has 1 aromatic heterocycles. The van der Waals surface area contributed by atoms with E-state index in [2.05, 4.69) is 47.8 Å². The van der Waals surface area contributed by atoms with Crippen molar-refractivity contribution in [1.82, 2.24) is 14.8 Å². The van der Waals surface area contributed by atoms with E-state index >= 15 is 0 Å². The van der Waals surface area contributed by atoms with Crippen molar-refractivity contribution in [2.24, 2.45) is 0 Å². The summed E-state index contributed by atoms with van der Waals surface area (Å²) in [6, 6.07) is 7.36. The van der Waals surface area contributed by atoms with Crippen LogP contribution in [-0.2, 0) is 6.54 Å². The topological polar surface area (TPSA) is 19.4 Å². The number of piperazine rings is 1. The molecule has 2 atom stereocenters. The second-order valence-corrected chi connectivity index (χ2v) is 4.91. The van der Waals surface area contributed by atoms with Crippen LogP contribution in [0, 0.1) is 0 Å². The SMILES string of the molecule is C[C@@H]1CN(C)C[C@H](C)N1Cc1ccccn1. The van der Waals surface area contributed by atoms with Crippen LogP contribution in [-0.4, -0.2) is 47.0 Å². The largest absolute Gasteiger partial charge is 0.303 e. The van der Waals surface area contributed by atoms with E-state index in [4.69, 9.17) is 0 Å². The quantitative estimate of drug-likeness (QED) is 0.753. The van der Waals surface area contributed by atoms with Crippen molar-refractivity contribution in [3.8, 4) is 0 Å². The number of likely N-dealkylation sites (N-methyl/N-ethyl adjacent to an activating group) is 1. The van der Waals surface area contributed by atoms with Crippen LogP contribution in [0.25, 0.3) is 0 Å². The van der Waals surface area contributed by atoms with Crippen molar-refractivity contribution in [2.45, 2.75) is 32.5 Å². The zero-order valence-corrected chi connectivity index (χ0v) is 10.4. The van der Waals surface area contributed by atoms with Gasteiger partial charge >= 0.3 is 0 Å². The fourth-order valence-electron chi connectivity index (χ4n) is 2.61. The normalized spacial score (nSPS) is 28.2.